The van der Waals surface area contributed by atoms with E-state index in [4.69, 9.17) is 0 Å². The highest BCUT2D eigenvalue weighted by atomic mass is 16.2. The van der Waals surface area contributed by atoms with Crippen molar-refractivity contribution in [3.05, 3.63) is 11.4 Å². The van der Waals surface area contributed by atoms with Gasteiger partial charge in [0.1, 0.15) is 17.5 Å². The Morgan fingerprint density at radius 2 is 1.95 bits per heavy atom. The minimum Gasteiger partial charge on any atom is -0.373 e. The maximum atomic E-state index is 11.8. The number of nitrogens with one attached hydrogen (secondary N) is 2. The molecular formula is C13H23N5O. The zero-order valence-electron chi connectivity index (χ0n) is 12.5. The van der Waals surface area contributed by atoms with Crippen LogP contribution in [0.1, 0.15) is 25.2 Å². The molecule has 1 aromatic rings. The van der Waals surface area contributed by atoms with Crippen LogP contribution < -0.4 is 15.5 Å². The third-order valence-corrected chi connectivity index (χ3v) is 2.66. The van der Waals surface area contributed by atoms with Crippen molar-refractivity contribution in [1.82, 2.24) is 15.3 Å². The van der Waals surface area contributed by atoms with Crippen molar-refractivity contribution < 1.29 is 4.79 Å². The van der Waals surface area contributed by atoms with Crippen LogP contribution in [0.3, 0.4) is 0 Å². The first-order chi connectivity index (χ1) is 8.85. The SMILES string of the molecule is CNc1nc(C)nc(N(C)CC(=O)NC(C)C)c1C. The highest BCUT2D eigenvalue weighted by molar-refractivity contribution is 5.81. The molecule has 1 heterocycles. The normalized spacial score (nSPS) is 10.5. The molecule has 0 aliphatic heterocycles. The summed E-state index contributed by atoms with van der Waals surface area (Å²) < 4.78 is 0. The largest absolute Gasteiger partial charge is 0.373 e. The van der Waals surface area contributed by atoms with E-state index >= 15 is 0 Å². The van der Waals surface area contributed by atoms with Gasteiger partial charge in [-0.25, -0.2) is 9.97 Å². The number of rotatable bonds is 5. The van der Waals surface area contributed by atoms with Crippen LogP contribution in [0, 0.1) is 13.8 Å². The van der Waals surface area contributed by atoms with Crippen LogP contribution >= 0.6 is 0 Å². The van der Waals surface area contributed by atoms with Gasteiger partial charge in [-0.2, -0.15) is 0 Å². The van der Waals surface area contributed by atoms with Gasteiger partial charge in [-0.05, 0) is 27.7 Å². The van der Waals surface area contributed by atoms with Crippen molar-refractivity contribution in [2.45, 2.75) is 33.7 Å². The molecule has 0 aliphatic carbocycles. The summed E-state index contributed by atoms with van der Waals surface area (Å²) in [4.78, 5) is 22.3. The van der Waals surface area contributed by atoms with Gasteiger partial charge in [-0.1, -0.05) is 0 Å². The number of likely N-dealkylation sites (N-methyl/N-ethyl adjacent to an activating group) is 1. The summed E-state index contributed by atoms with van der Waals surface area (Å²) in [7, 11) is 3.68. The summed E-state index contributed by atoms with van der Waals surface area (Å²) >= 11 is 0. The third-order valence-electron chi connectivity index (χ3n) is 2.66. The van der Waals surface area contributed by atoms with Crippen molar-refractivity contribution in [3.63, 3.8) is 0 Å². The topological polar surface area (TPSA) is 70.2 Å². The summed E-state index contributed by atoms with van der Waals surface area (Å²) in [5.41, 5.74) is 0.938. The van der Waals surface area contributed by atoms with Gasteiger partial charge >= 0.3 is 0 Å². The number of carbonyl (C=O) groups excluding carboxylic acids is 1. The second-order valence-electron chi connectivity index (χ2n) is 4.90. The fourth-order valence-electron chi connectivity index (χ4n) is 1.89. The van der Waals surface area contributed by atoms with Crippen LogP contribution in [0.2, 0.25) is 0 Å². The second kappa shape index (κ2) is 6.36. The predicted octanol–water partition coefficient (Wildman–Crippen LogP) is 1.10. The number of nitrogens with zero attached hydrogens (tertiary/aromatic N) is 3. The summed E-state index contributed by atoms with van der Waals surface area (Å²) in [6.45, 7) is 7.94. The standard InChI is InChI=1S/C13H23N5O/c1-8(2)15-11(19)7-18(6)13-9(3)12(14-5)16-10(4)17-13/h8H,7H2,1-6H3,(H,15,19)(H,14,16,17). The maximum absolute atomic E-state index is 11.8. The smallest absolute Gasteiger partial charge is 0.239 e. The number of hydrogen-bond donors (Lipinski definition) is 2. The average molecular weight is 265 g/mol. The maximum Gasteiger partial charge on any atom is 0.239 e. The zero-order chi connectivity index (χ0) is 14.6. The molecular weight excluding hydrogens is 242 g/mol. The Balaban J connectivity index is 2.90. The zero-order valence-corrected chi connectivity index (χ0v) is 12.5. The fourth-order valence-corrected chi connectivity index (χ4v) is 1.89. The minimum absolute atomic E-state index is 0.0147. The van der Waals surface area contributed by atoms with Gasteiger partial charge in [0.25, 0.3) is 0 Å². The third kappa shape index (κ3) is 4.08. The molecule has 0 atom stereocenters. The number of aromatic nitrogens is 2. The van der Waals surface area contributed by atoms with Crippen LogP contribution in [-0.2, 0) is 4.79 Å². The van der Waals surface area contributed by atoms with Gasteiger partial charge in [-0.15, -0.1) is 0 Å². The number of hydrogen-bond acceptors (Lipinski definition) is 5. The van der Waals surface area contributed by atoms with Gasteiger partial charge in [-0.3, -0.25) is 4.79 Å². The van der Waals surface area contributed by atoms with E-state index in [2.05, 4.69) is 20.6 Å². The molecule has 19 heavy (non-hydrogen) atoms. The molecule has 0 radical (unpaired) electrons. The second-order valence-corrected chi connectivity index (χ2v) is 4.90. The molecule has 6 nitrogen and oxygen atoms in total. The van der Waals surface area contributed by atoms with E-state index in [9.17, 15) is 4.79 Å². The molecule has 0 saturated carbocycles. The van der Waals surface area contributed by atoms with Crippen molar-refractivity contribution >= 4 is 17.5 Å². The number of aryl methyl sites for hydroxylation is 1. The summed E-state index contributed by atoms with van der Waals surface area (Å²) in [5, 5.41) is 5.91. The highest BCUT2D eigenvalue weighted by Crippen LogP contribution is 2.21. The number of carbonyl (C=O) groups is 1. The first-order valence-electron chi connectivity index (χ1n) is 6.38. The lowest BCUT2D eigenvalue weighted by Gasteiger charge is -2.21. The molecule has 0 aromatic carbocycles. The van der Waals surface area contributed by atoms with E-state index < -0.39 is 0 Å². The highest BCUT2D eigenvalue weighted by Gasteiger charge is 2.15. The molecule has 6 heteroatoms. The summed E-state index contributed by atoms with van der Waals surface area (Å²) in [6, 6.07) is 0.141. The number of amides is 1. The van der Waals surface area contributed by atoms with E-state index in [1.807, 2.05) is 46.7 Å². The molecule has 0 saturated heterocycles. The Labute approximate surface area is 114 Å². The first-order valence-corrected chi connectivity index (χ1v) is 6.38. The van der Waals surface area contributed by atoms with E-state index in [1.54, 1.807) is 0 Å². The lowest BCUT2D eigenvalue weighted by atomic mass is 10.2. The van der Waals surface area contributed by atoms with E-state index in [0.29, 0.717) is 5.82 Å². The molecule has 0 fully saturated rings. The molecule has 0 spiro atoms. The quantitative estimate of drug-likeness (QED) is 0.834. The van der Waals surface area contributed by atoms with Crippen molar-refractivity contribution in [2.24, 2.45) is 0 Å². The van der Waals surface area contributed by atoms with E-state index in [1.165, 1.54) is 0 Å². The minimum atomic E-state index is -0.0147. The molecule has 1 aromatic heterocycles. The molecule has 0 unspecified atom stereocenters. The molecule has 2 N–H and O–H groups in total. The van der Waals surface area contributed by atoms with Crippen molar-refractivity contribution in [2.75, 3.05) is 30.9 Å². The Bertz CT molecular complexity index is 459. The van der Waals surface area contributed by atoms with Crippen LogP contribution in [0.15, 0.2) is 0 Å². The van der Waals surface area contributed by atoms with Crippen LogP contribution in [-0.4, -0.2) is 42.6 Å². The predicted molar refractivity (Wildman–Crippen MR) is 77.6 cm³/mol. The van der Waals surface area contributed by atoms with Crippen LogP contribution in [0.5, 0.6) is 0 Å². The molecule has 106 valence electrons. The van der Waals surface area contributed by atoms with E-state index in [0.717, 1.165) is 17.2 Å². The summed E-state index contributed by atoms with van der Waals surface area (Å²) in [5.74, 6) is 2.23. The van der Waals surface area contributed by atoms with E-state index in [-0.39, 0.29) is 18.5 Å². The lowest BCUT2D eigenvalue weighted by Crippen LogP contribution is -2.39. The Morgan fingerprint density at radius 3 is 2.47 bits per heavy atom. The molecule has 0 bridgehead atoms. The van der Waals surface area contributed by atoms with Crippen molar-refractivity contribution in [1.29, 1.82) is 0 Å². The summed E-state index contributed by atoms with van der Waals surface area (Å²) in [6.07, 6.45) is 0. The Morgan fingerprint density at radius 1 is 1.32 bits per heavy atom. The van der Waals surface area contributed by atoms with Crippen LogP contribution in [0.4, 0.5) is 11.6 Å². The fraction of sp³-hybridized carbons (Fsp3) is 0.615. The van der Waals surface area contributed by atoms with Gasteiger partial charge in [0.15, 0.2) is 0 Å². The molecule has 1 rings (SSSR count). The van der Waals surface area contributed by atoms with Gasteiger partial charge < -0.3 is 15.5 Å². The number of anilines is 2. The van der Waals surface area contributed by atoms with Gasteiger partial charge in [0.05, 0.1) is 6.54 Å². The van der Waals surface area contributed by atoms with Crippen molar-refractivity contribution in [3.8, 4) is 0 Å². The Hall–Kier alpha value is -1.85. The van der Waals surface area contributed by atoms with Gasteiger partial charge in [0.2, 0.25) is 5.91 Å². The average Bonchev–Trinajstić information content (AvgIpc) is 2.30. The first kappa shape index (κ1) is 15.2. The monoisotopic (exact) mass is 265 g/mol. The molecule has 1 amide bonds. The van der Waals surface area contributed by atoms with Gasteiger partial charge in [0, 0.05) is 25.7 Å². The Kier molecular flexibility index (Phi) is 5.09. The van der Waals surface area contributed by atoms with Crippen LogP contribution in [0.25, 0.3) is 0 Å². The lowest BCUT2D eigenvalue weighted by molar-refractivity contribution is -0.120. The molecule has 0 aliphatic rings.